The van der Waals surface area contributed by atoms with Crippen LogP contribution < -0.4 is 10.1 Å². The minimum absolute atomic E-state index is 0.151. The quantitative estimate of drug-likeness (QED) is 0.783. The van der Waals surface area contributed by atoms with E-state index in [0.717, 1.165) is 11.4 Å². The molecule has 0 aliphatic carbocycles. The number of halogens is 1. The van der Waals surface area contributed by atoms with Crippen LogP contribution in [0, 0.1) is 0 Å². The van der Waals surface area contributed by atoms with E-state index in [2.05, 4.69) is 15.6 Å². The molecule has 0 aliphatic rings. The number of aromatic nitrogens is 3. The standard InChI is InChI=1S/C14H19ClN4O2/c1-2-21-14-5-4-11(8-13(14)15)16-9-12-10-19(18-17-12)6-3-7-20/h4-5,8,10,16,20H,2-3,6-7,9H2,1H3. The Kier molecular flexibility index (Phi) is 5.83. The molecule has 1 heterocycles. The van der Waals surface area contributed by atoms with Gasteiger partial charge in [0.1, 0.15) is 11.4 Å². The Morgan fingerprint density at radius 2 is 2.29 bits per heavy atom. The number of nitrogens with one attached hydrogen (secondary N) is 1. The van der Waals surface area contributed by atoms with E-state index >= 15 is 0 Å². The number of aliphatic hydroxyl groups is 1. The lowest BCUT2D eigenvalue weighted by Crippen LogP contribution is -2.01. The van der Waals surface area contributed by atoms with Crippen LogP contribution >= 0.6 is 11.6 Å². The lowest BCUT2D eigenvalue weighted by atomic mass is 10.3. The molecule has 0 spiro atoms. The minimum atomic E-state index is 0.151. The Labute approximate surface area is 128 Å². The van der Waals surface area contributed by atoms with Crippen LogP contribution in [-0.4, -0.2) is 33.3 Å². The van der Waals surface area contributed by atoms with Crippen LogP contribution in [0.1, 0.15) is 19.0 Å². The summed E-state index contributed by atoms with van der Waals surface area (Å²) in [6.07, 6.45) is 2.53. The summed E-state index contributed by atoms with van der Waals surface area (Å²) >= 11 is 6.13. The molecule has 1 aromatic heterocycles. The SMILES string of the molecule is CCOc1ccc(NCc2cn(CCCO)nn2)cc1Cl. The third kappa shape index (κ3) is 4.61. The minimum Gasteiger partial charge on any atom is -0.492 e. The van der Waals surface area contributed by atoms with Crippen molar-refractivity contribution in [3.05, 3.63) is 35.1 Å². The number of aliphatic hydroxyl groups excluding tert-OH is 1. The fourth-order valence-electron chi connectivity index (χ4n) is 1.84. The largest absolute Gasteiger partial charge is 0.492 e. The van der Waals surface area contributed by atoms with Crippen LogP contribution in [0.4, 0.5) is 5.69 Å². The molecular weight excluding hydrogens is 292 g/mol. The highest BCUT2D eigenvalue weighted by atomic mass is 35.5. The van der Waals surface area contributed by atoms with E-state index in [9.17, 15) is 0 Å². The van der Waals surface area contributed by atoms with Crippen molar-refractivity contribution < 1.29 is 9.84 Å². The highest BCUT2D eigenvalue weighted by Gasteiger charge is 2.04. The zero-order valence-corrected chi connectivity index (χ0v) is 12.7. The fraction of sp³-hybridized carbons (Fsp3) is 0.429. The van der Waals surface area contributed by atoms with E-state index in [1.807, 2.05) is 31.3 Å². The van der Waals surface area contributed by atoms with Crippen molar-refractivity contribution >= 4 is 17.3 Å². The van der Waals surface area contributed by atoms with Gasteiger partial charge in [-0.25, -0.2) is 0 Å². The number of hydrogen-bond donors (Lipinski definition) is 2. The summed E-state index contributed by atoms with van der Waals surface area (Å²) in [5, 5.41) is 20.6. The average Bonchev–Trinajstić information content (AvgIpc) is 2.93. The van der Waals surface area contributed by atoms with Gasteiger partial charge in [0, 0.05) is 18.8 Å². The smallest absolute Gasteiger partial charge is 0.138 e. The Morgan fingerprint density at radius 3 is 3.00 bits per heavy atom. The van der Waals surface area contributed by atoms with Gasteiger partial charge in [-0.2, -0.15) is 0 Å². The first-order valence-electron chi connectivity index (χ1n) is 6.89. The maximum atomic E-state index is 8.78. The lowest BCUT2D eigenvalue weighted by Gasteiger charge is -2.08. The van der Waals surface area contributed by atoms with Gasteiger partial charge in [0.25, 0.3) is 0 Å². The third-order valence-corrected chi connectivity index (χ3v) is 3.13. The zero-order valence-electron chi connectivity index (χ0n) is 11.9. The summed E-state index contributed by atoms with van der Waals surface area (Å²) in [6, 6.07) is 5.57. The van der Waals surface area contributed by atoms with Crippen molar-refractivity contribution in [1.29, 1.82) is 0 Å². The van der Waals surface area contributed by atoms with Crippen LogP contribution in [0.5, 0.6) is 5.75 Å². The second-order valence-corrected chi connectivity index (χ2v) is 4.89. The molecule has 0 saturated heterocycles. The van der Waals surface area contributed by atoms with Gasteiger partial charge < -0.3 is 15.2 Å². The van der Waals surface area contributed by atoms with Crippen LogP contribution in [0.25, 0.3) is 0 Å². The summed E-state index contributed by atoms with van der Waals surface area (Å²) < 4.78 is 7.11. The molecule has 0 saturated carbocycles. The zero-order chi connectivity index (χ0) is 15.1. The molecule has 0 bridgehead atoms. The summed E-state index contributed by atoms with van der Waals surface area (Å²) in [7, 11) is 0. The molecular formula is C14H19ClN4O2. The number of aryl methyl sites for hydroxylation is 1. The predicted molar refractivity (Wildman–Crippen MR) is 81.7 cm³/mol. The molecule has 114 valence electrons. The first kappa shape index (κ1) is 15.6. The molecule has 7 heteroatoms. The first-order valence-corrected chi connectivity index (χ1v) is 7.26. The number of benzene rings is 1. The van der Waals surface area contributed by atoms with E-state index in [0.29, 0.717) is 36.9 Å². The number of nitrogens with zero attached hydrogens (tertiary/aromatic N) is 3. The van der Waals surface area contributed by atoms with Gasteiger partial charge in [-0.3, -0.25) is 4.68 Å². The van der Waals surface area contributed by atoms with Crippen molar-refractivity contribution in [1.82, 2.24) is 15.0 Å². The Morgan fingerprint density at radius 1 is 1.43 bits per heavy atom. The highest BCUT2D eigenvalue weighted by molar-refractivity contribution is 6.32. The summed E-state index contributed by atoms with van der Waals surface area (Å²) in [6.45, 7) is 3.88. The molecule has 2 N–H and O–H groups in total. The van der Waals surface area contributed by atoms with Crippen LogP contribution in [0.2, 0.25) is 5.02 Å². The van der Waals surface area contributed by atoms with Gasteiger partial charge in [0.15, 0.2) is 0 Å². The second kappa shape index (κ2) is 7.85. The van der Waals surface area contributed by atoms with Crippen LogP contribution in [-0.2, 0) is 13.1 Å². The summed E-state index contributed by atoms with van der Waals surface area (Å²) in [5.41, 5.74) is 1.73. The predicted octanol–water partition coefficient (Wildman–Crippen LogP) is 2.32. The van der Waals surface area contributed by atoms with E-state index in [1.165, 1.54) is 0 Å². The molecule has 0 fully saturated rings. The molecule has 0 amide bonds. The average molecular weight is 311 g/mol. The van der Waals surface area contributed by atoms with Gasteiger partial charge in [0.05, 0.1) is 24.4 Å². The van der Waals surface area contributed by atoms with Crippen molar-refractivity contribution in [3.63, 3.8) is 0 Å². The molecule has 0 unspecified atom stereocenters. The number of anilines is 1. The van der Waals surface area contributed by atoms with Crippen molar-refractivity contribution in [3.8, 4) is 5.75 Å². The normalized spacial score (nSPS) is 10.6. The molecule has 6 nitrogen and oxygen atoms in total. The fourth-order valence-corrected chi connectivity index (χ4v) is 2.07. The van der Waals surface area contributed by atoms with Crippen molar-refractivity contribution in [2.45, 2.75) is 26.4 Å². The van der Waals surface area contributed by atoms with Crippen molar-refractivity contribution in [2.24, 2.45) is 0 Å². The van der Waals surface area contributed by atoms with Gasteiger partial charge in [-0.1, -0.05) is 16.8 Å². The molecule has 2 aromatic rings. The number of hydrogen-bond acceptors (Lipinski definition) is 5. The summed E-state index contributed by atoms with van der Waals surface area (Å²) in [4.78, 5) is 0. The van der Waals surface area contributed by atoms with E-state index < -0.39 is 0 Å². The highest BCUT2D eigenvalue weighted by Crippen LogP contribution is 2.27. The summed E-state index contributed by atoms with van der Waals surface area (Å²) in [5.74, 6) is 0.680. The maximum absolute atomic E-state index is 8.78. The first-order chi connectivity index (χ1) is 10.2. The third-order valence-electron chi connectivity index (χ3n) is 2.84. The van der Waals surface area contributed by atoms with Gasteiger partial charge >= 0.3 is 0 Å². The number of rotatable bonds is 8. The monoisotopic (exact) mass is 310 g/mol. The van der Waals surface area contributed by atoms with Crippen molar-refractivity contribution in [2.75, 3.05) is 18.5 Å². The van der Waals surface area contributed by atoms with Gasteiger partial charge in [-0.05, 0) is 31.5 Å². The molecule has 0 aliphatic heterocycles. The van der Waals surface area contributed by atoms with Gasteiger partial charge in [0.2, 0.25) is 0 Å². The van der Waals surface area contributed by atoms with Crippen LogP contribution in [0.15, 0.2) is 24.4 Å². The Hall–Kier alpha value is -1.79. The Bertz CT molecular complexity index is 574. The topological polar surface area (TPSA) is 72.2 Å². The molecule has 21 heavy (non-hydrogen) atoms. The van der Waals surface area contributed by atoms with E-state index in [-0.39, 0.29) is 6.61 Å². The Balaban J connectivity index is 1.90. The van der Waals surface area contributed by atoms with Gasteiger partial charge in [-0.15, -0.1) is 5.10 Å². The molecule has 2 rings (SSSR count). The molecule has 1 aromatic carbocycles. The molecule has 0 radical (unpaired) electrons. The van der Waals surface area contributed by atoms with E-state index in [1.54, 1.807) is 4.68 Å². The molecule has 0 atom stereocenters. The van der Waals surface area contributed by atoms with E-state index in [4.69, 9.17) is 21.4 Å². The van der Waals surface area contributed by atoms with Crippen LogP contribution in [0.3, 0.4) is 0 Å². The number of ether oxygens (including phenoxy) is 1. The maximum Gasteiger partial charge on any atom is 0.138 e. The second-order valence-electron chi connectivity index (χ2n) is 4.48. The lowest BCUT2D eigenvalue weighted by molar-refractivity contribution is 0.276.